The topological polar surface area (TPSA) is 73.6 Å². The fourth-order valence-electron chi connectivity index (χ4n) is 1.04. The van der Waals surface area contributed by atoms with E-state index in [1.165, 1.54) is 6.07 Å². The number of nitriles is 2. The summed E-state index contributed by atoms with van der Waals surface area (Å²) in [7, 11) is 0. The molecule has 0 aromatic heterocycles. The van der Waals surface area contributed by atoms with E-state index in [4.69, 9.17) is 16.3 Å². The summed E-state index contributed by atoms with van der Waals surface area (Å²) in [5.74, 6) is 0. The van der Waals surface area contributed by atoms with E-state index in [2.05, 4.69) is 0 Å². The molecular weight excluding hydrogens is 207 g/mol. The Kier molecular flexibility index (Phi) is 2.54. The van der Waals surface area contributed by atoms with Crippen molar-refractivity contribution in [2.45, 2.75) is 6.18 Å². The third kappa shape index (κ3) is 2.00. The maximum absolute atomic E-state index is 12.4. The normalized spacial score (nSPS) is 10.5. The highest BCUT2D eigenvalue weighted by Crippen LogP contribution is 2.34. The van der Waals surface area contributed by atoms with Crippen LogP contribution in [-0.4, -0.2) is 0 Å². The fraction of sp³-hybridized carbons (Fsp3) is 0.111. The Morgan fingerprint density at radius 1 is 1.07 bits per heavy atom. The lowest BCUT2D eigenvalue weighted by Gasteiger charge is -2.09. The first-order chi connectivity index (χ1) is 6.90. The molecule has 1 aromatic carbocycles. The first-order valence-electron chi connectivity index (χ1n) is 3.71. The second kappa shape index (κ2) is 3.50. The zero-order chi connectivity index (χ0) is 11.6. The highest BCUT2D eigenvalue weighted by Gasteiger charge is 2.34. The van der Waals surface area contributed by atoms with Gasteiger partial charge < -0.3 is 5.73 Å². The van der Waals surface area contributed by atoms with Crippen molar-refractivity contribution in [3.05, 3.63) is 28.8 Å². The molecule has 0 radical (unpaired) electrons. The molecular formula is C9H4F3N3. The molecule has 6 heteroatoms. The first-order valence-corrected chi connectivity index (χ1v) is 3.71. The van der Waals surface area contributed by atoms with Crippen LogP contribution in [0.4, 0.5) is 18.9 Å². The predicted molar refractivity (Wildman–Crippen MR) is 45.3 cm³/mol. The molecule has 0 unspecified atom stereocenters. The molecule has 76 valence electrons. The van der Waals surface area contributed by atoms with Crippen LogP contribution in [0, 0.1) is 22.7 Å². The molecule has 0 amide bonds. The minimum absolute atomic E-state index is 0.139. The van der Waals surface area contributed by atoms with Gasteiger partial charge in [0.05, 0.1) is 28.4 Å². The van der Waals surface area contributed by atoms with Gasteiger partial charge in [-0.15, -0.1) is 0 Å². The molecule has 0 bridgehead atoms. The summed E-state index contributed by atoms with van der Waals surface area (Å²) >= 11 is 0. The van der Waals surface area contributed by atoms with Crippen molar-refractivity contribution >= 4 is 5.69 Å². The number of rotatable bonds is 0. The van der Waals surface area contributed by atoms with Crippen molar-refractivity contribution in [2.24, 2.45) is 0 Å². The number of alkyl halides is 3. The molecule has 3 nitrogen and oxygen atoms in total. The quantitative estimate of drug-likeness (QED) is 0.667. The van der Waals surface area contributed by atoms with Crippen LogP contribution >= 0.6 is 0 Å². The molecule has 0 aliphatic heterocycles. The van der Waals surface area contributed by atoms with Gasteiger partial charge in [0.15, 0.2) is 0 Å². The van der Waals surface area contributed by atoms with Crippen LogP contribution in [-0.2, 0) is 6.18 Å². The molecule has 0 atom stereocenters. The Balaban J connectivity index is 3.52. The van der Waals surface area contributed by atoms with Gasteiger partial charge in [-0.05, 0) is 12.1 Å². The van der Waals surface area contributed by atoms with E-state index in [0.717, 1.165) is 6.07 Å². The van der Waals surface area contributed by atoms with E-state index in [1.807, 2.05) is 0 Å². The Labute approximate surface area is 83.1 Å². The minimum atomic E-state index is -4.65. The molecule has 0 fully saturated rings. The fourth-order valence-corrected chi connectivity index (χ4v) is 1.04. The summed E-state index contributed by atoms with van der Waals surface area (Å²) in [4.78, 5) is 0. The molecule has 0 heterocycles. The van der Waals surface area contributed by atoms with Gasteiger partial charge in [0.1, 0.15) is 6.07 Å². The summed E-state index contributed by atoms with van der Waals surface area (Å²) in [6.45, 7) is 0. The number of anilines is 1. The maximum Gasteiger partial charge on any atom is 0.417 e. The number of nitrogens with two attached hydrogens (primary N) is 1. The molecule has 0 saturated carbocycles. The van der Waals surface area contributed by atoms with Crippen LogP contribution in [0.2, 0.25) is 0 Å². The summed E-state index contributed by atoms with van der Waals surface area (Å²) in [6.07, 6.45) is -4.65. The van der Waals surface area contributed by atoms with Crippen molar-refractivity contribution in [1.82, 2.24) is 0 Å². The molecule has 0 spiro atoms. The van der Waals surface area contributed by atoms with E-state index >= 15 is 0 Å². The third-order valence-electron chi connectivity index (χ3n) is 1.74. The van der Waals surface area contributed by atoms with Crippen LogP contribution in [0.1, 0.15) is 16.7 Å². The van der Waals surface area contributed by atoms with E-state index < -0.39 is 17.3 Å². The zero-order valence-corrected chi connectivity index (χ0v) is 7.26. The summed E-state index contributed by atoms with van der Waals surface area (Å²) in [5, 5.41) is 17.0. The highest BCUT2D eigenvalue weighted by molar-refractivity contribution is 5.60. The number of benzene rings is 1. The second-order valence-electron chi connectivity index (χ2n) is 2.71. The number of hydrogen-bond acceptors (Lipinski definition) is 3. The van der Waals surface area contributed by atoms with Crippen molar-refractivity contribution < 1.29 is 13.2 Å². The van der Waals surface area contributed by atoms with Gasteiger partial charge in [-0.3, -0.25) is 0 Å². The van der Waals surface area contributed by atoms with Crippen molar-refractivity contribution in [3.8, 4) is 12.1 Å². The van der Waals surface area contributed by atoms with E-state index in [1.54, 1.807) is 6.07 Å². The largest absolute Gasteiger partial charge is 0.417 e. The van der Waals surface area contributed by atoms with Gasteiger partial charge in [-0.25, -0.2) is 0 Å². The molecule has 1 aromatic rings. The SMILES string of the molecule is N#Cc1cc(C#N)c(C(F)(F)F)cc1N. The average Bonchev–Trinajstić information content (AvgIpc) is 2.16. The maximum atomic E-state index is 12.4. The van der Waals surface area contributed by atoms with Gasteiger partial charge in [-0.1, -0.05) is 0 Å². The summed E-state index contributed by atoms with van der Waals surface area (Å²) in [6, 6.07) is 4.41. The van der Waals surface area contributed by atoms with Crippen molar-refractivity contribution in [1.29, 1.82) is 10.5 Å². The predicted octanol–water partition coefficient (Wildman–Crippen LogP) is 2.03. The molecule has 1 rings (SSSR count). The lowest BCUT2D eigenvalue weighted by molar-refractivity contribution is -0.137. The average molecular weight is 211 g/mol. The first kappa shape index (κ1) is 10.9. The van der Waals surface area contributed by atoms with Crippen molar-refractivity contribution in [2.75, 3.05) is 5.73 Å². The lowest BCUT2D eigenvalue weighted by atomic mass is 10.0. The van der Waals surface area contributed by atoms with E-state index in [0.29, 0.717) is 6.07 Å². The van der Waals surface area contributed by atoms with Gasteiger partial charge in [0.25, 0.3) is 0 Å². The zero-order valence-electron chi connectivity index (χ0n) is 7.26. The number of hydrogen-bond donors (Lipinski definition) is 1. The van der Waals surface area contributed by atoms with Crippen LogP contribution in [0.25, 0.3) is 0 Å². The van der Waals surface area contributed by atoms with E-state index in [9.17, 15) is 13.2 Å². The standard InChI is InChI=1S/C9H4F3N3/c10-9(11,12)7-2-8(15)6(4-14)1-5(7)3-13/h1-2H,15H2. The van der Waals surface area contributed by atoms with Gasteiger partial charge >= 0.3 is 6.18 Å². The Hall–Kier alpha value is -2.21. The van der Waals surface area contributed by atoms with Crippen LogP contribution in [0.15, 0.2) is 12.1 Å². The monoisotopic (exact) mass is 211 g/mol. The van der Waals surface area contributed by atoms with E-state index in [-0.39, 0.29) is 11.3 Å². The van der Waals surface area contributed by atoms with Crippen LogP contribution in [0.5, 0.6) is 0 Å². The third-order valence-corrected chi connectivity index (χ3v) is 1.74. The Morgan fingerprint density at radius 3 is 2.00 bits per heavy atom. The molecule has 15 heavy (non-hydrogen) atoms. The second-order valence-corrected chi connectivity index (χ2v) is 2.71. The Bertz CT molecular complexity index is 477. The van der Waals surface area contributed by atoms with Gasteiger partial charge in [0, 0.05) is 0 Å². The Morgan fingerprint density at radius 2 is 1.60 bits per heavy atom. The summed E-state index contributed by atoms with van der Waals surface area (Å²) in [5.41, 5.74) is 3.07. The molecule has 0 aliphatic carbocycles. The highest BCUT2D eigenvalue weighted by atomic mass is 19.4. The minimum Gasteiger partial charge on any atom is -0.398 e. The van der Waals surface area contributed by atoms with Crippen molar-refractivity contribution in [3.63, 3.8) is 0 Å². The number of halogens is 3. The summed E-state index contributed by atoms with van der Waals surface area (Å²) < 4.78 is 37.1. The van der Waals surface area contributed by atoms with Gasteiger partial charge in [0.2, 0.25) is 0 Å². The number of nitrogen functional groups attached to an aromatic ring is 1. The molecule has 0 aliphatic rings. The van der Waals surface area contributed by atoms with Gasteiger partial charge in [-0.2, -0.15) is 23.7 Å². The smallest absolute Gasteiger partial charge is 0.398 e. The molecule has 0 saturated heterocycles. The van der Waals surface area contributed by atoms with Crippen LogP contribution < -0.4 is 5.73 Å². The number of nitrogens with zero attached hydrogens (tertiary/aromatic N) is 2. The van der Waals surface area contributed by atoms with Crippen LogP contribution in [0.3, 0.4) is 0 Å². The molecule has 2 N–H and O–H groups in total. The lowest BCUT2D eigenvalue weighted by Crippen LogP contribution is -2.09.